The Morgan fingerprint density at radius 3 is 2.03 bits per heavy atom. The summed E-state index contributed by atoms with van der Waals surface area (Å²) in [4.78, 5) is 10.00. The average Bonchev–Trinajstić information content (AvgIpc) is 3.70. The zero-order valence-corrected chi connectivity index (χ0v) is 37.5. The lowest BCUT2D eigenvalue weighted by atomic mass is 9.63. The van der Waals surface area contributed by atoms with E-state index in [-0.39, 0.29) is 11.8 Å². The van der Waals surface area contributed by atoms with Crippen LogP contribution in [-0.4, -0.2) is 12.1 Å². The van der Waals surface area contributed by atoms with Gasteiger partial charge in [-0.05, 0) is 74.8 Å². The topological polar surface area (TPSA) is 43.2 Å². The number of ether oxygens (including phenoxy) is 2. The van der Waals surface area contributed by atoms with Crippen LogP contribution in [0.5, 0.6) is 23.0 Å². The summed E-state index contributed by atoms with van der Waals surface area (Å²) in [5.74, 6) is 3.95. The average molecular weight is 867 g/mol. The van der Waals surface area contributed by atoms with Crippen molar-refractivity contribution in [3.05, 3.63) is 288 Å². The maximum atomic E-state index is 6.90. The van der Waals surface area contributed by atoms with Crippen LogP contribution in [0.2, 0.25) is 0 Å². The summed E-state index contributed by atoms with van der Waals surface area (Å²) in [5.41, 5.74) is 9.86. The lowest BCUT2D eigenvalue weighted by Crippen LogP contribution is -2.34. The lowest BCUT2D eigenvalue weighted by Gasteiger charge is -2.38. The first-order chi connectivity index (χ1) is 33.1. The Hall–Kier alpha value is -8.34. The van der Waals surface area contributed by atoms with E-state index >= 15 is 0 Å². The van der Waals surface area contributed by atoms with Crippen LogP contribution in [0, 0.1) is 5.92 Å². The molecule has 0 fully saturated rings. The first-order valence-corrected chi connectivity index (χ1v) is 22.9. The number of hydrogen-bond donors (Lipinski definition) is 0. The van der Waals surface area contributed by atoms with Crippen molar-refractivity contribution in [1.82, 2.24) is 0 Å². The van der Waals surface area contributed by atoms with Crippen LogP contribution >= 0.6 is 0 Å². The predicted octanol–water partition coefficient (Wildman–Crippen LogP) is 15.9. The standard InChI is InChI=1S/C56H40N2O2.C7H10/c1-4-15-38(16-5-1)36-57-55(46-25-14-18-41-17-10-11-23-45(41)46)58-37-39-27-29-40(30-28-39)42-31-33-50-52(35-42)59-51-34-32-49-53(54(51)60-50)47-24-12-13-26-48(47)56(49,43-19-6-2-7-20-43)44-21-8-3-9-22-44;1-3-5-7-6-4-2/h1-36,47-48H,37H2;3-7H,1H2,2H3/b;6-4-,7-5-. The number of rotatable bonds is 9. The summed E-state index contributed by atoms with van der Waals surface area (Å²) in [5, 5.41) is 2.29. The van der Waals surface area contributed by atoms with Gasteiger partial charge in [-0.3, -0.25) is 4.99 Å². The van der Waals surface area contributed by atoms with Crippen molar-refractivity contribution in [3.8, 4) is 34.1 Å². The Kier molecular flexibility index (Phi) is 12.3. The largest absolute Gasteiger partial charge is 0.449 e. The molecule has 1 heterocycles. The normalized spacial score (nSPS) is 16.4. The molecule has 8 aromatic rings. The van der Waals surface area contributed by atoms with Crippen LogP contribution in [0.3, 0.4) is 0 Å². The fraction of sp³-hybridized carbons (Fsp3) is 0.0794. The molecule has 0 saturated heterocycles. The number of hydrogen-bond acceptors (Lipinski definition) is 3. The van der Waals surface area contributed by atoms with Gasteiger partial charge >= 0.3 is 0 Å². The summed E-state index contributed by atoms with van der Waals surface area (Å²) >= 11 is 0. The predicted molar refractivity (Wildman–Crippen MR) is 278 cm³/mol. The minimum Gasteiger partial charge on any atom is -0.449 e. The third kappa shape index (κ3) is 8.42. The first kappa shape index (κ1) is 42.6. The van der Waals surface area contributed by atoms with E-state index < -0.39 is 5.41 Å². The van der Waals surface area contributed by atoms with E-state index in [1.165, 1.54) is 22.3 Å². The molecule has 11 rings (SSSR count). The van der Waals surface area contributed by atoms with Crippen molar-refractivity contribution < 1.29 is 9.47 Å². The molecule has 8 aromatic carbocycles. The van der Waals surface area contributed by atoms with Gasteiger partial charge in [-0.2, -0.15) is 0 Å². The molecule has 0 amide bonds. The highest BCUT2D eigenvalue weighted by atomic mass is 16.6. The smallest absolute Gasteiger partial charge is 0.174 e. The molecule has 0 saturated carbocycles. The lowest BCUT2D eigenvalue weighted by molar-refractivity contribution is 0.355. The summed E-state index contributed by atoms with van der Waals surface area (Å²) in [7, 11) is 0. The van der Waals surface area contributed by atoms with Crippen LogP contribution in [0.25, 0.3) is 21.9 Å². The van der Waals surface area contributed by atoms with Crippen molar-refractivity contribution in [2.24, 2.45) is 15.9 Å². The monoisotopic (exact) mass is 866 g/mol. The van der Waals surface area contributed by atoms with E-state index in [9.17, 15) is 0 Å². The van der Waals surface area contributed by atoms with Crippen LogP contribution in [0.15, 0.2) is 259 Å². The van der Waals surface area contributed by atoms with Gasteiger partial charge in [-0.1, -0.05) is 231 Å². The van der Waals surface area contributed by atoms with Gasteiger partial charge < -0.3 is 9.47 Å². The third-order valence-electron chi connectivity index (χ3n) is 12.8. The summed E-state index contributed by atoms with van der Waals surface area (Å²) in [6, 6.07) is 65.9. The second-order valence-electron chi connectivity index (χ2n) is 16.8. The zero-order chi connectivity index (χ0) is 45.4. The molecule has 2 atom stereocenters. The maximum absolute atomic E-state index is 6.90. The van der Waals surface area contributed by atoms with Gasteiger partial charge in [0.05, 0.1) is 12.0 Å². The van der Waals surface area contributed by atoms with Gasteiger partial charge in [0.2, 0.25) is 0 Å². The van der Waals surface area contributed by atoms with E-state index in [4.69, 9.17) is 19.5 Å². The number of nitrogens with zero attached hydrogens (tertiary/aromatic N) is 2. The molecule has 1 aliphatic heterocycles. The molecule has 2 aliphatic carbocycles. The van der Waals surface area contributed by atoms with Gasteiger partial charge in [0.25, 0.3) is 0 Å². The zero-order valence-electron chi connectivity index (χ0n) is 37.5. The van der Waals surface area contributed by atoms with Crippen LogP contribution in [-0.2, 0) is 12.0 Å². The minimum absolute atomic E-state index is 0.117. The molecule has 3 aliphatic rings. The molecular weight excluding hydrogens is 817 g/mol. The molecule has 0 N–H and O–H groups in total. The molecule has 0 bridgehead atoms. The van der Waals surface area contributed by atoms with E-state index in [1.807, 2.05) is 61.7 Å². The van der Waals surface area contributed by atoms with Crippen molar-refractivity contribution in [1.29, 1.82) is 0 Å². The van der Waals surface area contributed by atoms with Crippen molar-refractivity contribution in [3.63, 3.8) is 0 Å². The highest BCUT2D eigenvalue weighted by Crippen LogP contribution is 2.64. The van der Waals surface area contributed by atoms with E-state index in [0.717, 1.165) is 50.1 Å². The van der Waals surface area contributed by atoms with Crippen LogP contribution in [0.1, 0.15) is 51.8 Å². The first-order valence-electron chi connectivity index (χ1n) is 22.9. The molecule has 0 radical (unpaired) electrons. The molecule has 4 nitrogen and oxygen atoms in total. The van der Waals surface area contributed by atoms with Crippen LogP contribution < -0.4 is 9.47 Å². The maximum Gasteiger partial charge on any atom is 0.174 e. The van der Waals surface area contributed by atoms with Crippen molar-refractivity contribution >= 4 is 22.8 Å². The number of allylic oxidation sites excluding steroid dienone is 9. The fourth-order valence-electron chi connectivity index (χ4n) is 9.77. The second-order valence-corrected chi connectivity index (χ2v) is 16.8. The molecule has 4 heteroatoms. The molecule has 324 valence electrons. The molecule has 0 aromatic heterocycles. The Balaban J connectivity index is 0.000000698. The Labute approximate surface area is 393 Å². The van der Waals surface area contributed by atoms with Crippen LogP contribution in [0.4, 0.5) is 0 Å². The number of benzene rings is 8. The van der Waals surface area contributed by atoms with Gasteiger partial charge in [0.15, 0.2) is 28.8 Å². The molecular formula is C63H50N2O2. The van der Waals surface area contributed by atoms with Gasteiger partial charge in [-0.25, -0.2) is 4.99 Å². The number of fused-ring (bicyclic) bond motifs is 7. The third-order valence-corrected chi connectivity index (χ3v) is 12.8. The van der Waals surface area contributed by atoms with Gasteiger partial charge in [0.1, 0.15) is 0 Å². The fourth-order valence-corrected chi connectivity index (χ4v) is 9.77. The van der Waals surface area contributed by atoms with Gasteiger partial charge in [-0.15, -0.1) is 0 Å². The molecule has 2 unspecified atom stereocenters. The van der Waals surface area contributed by atoms with E-state index in [1.54, 1.807) is 6.08 Å². The molecule has 67 heavy (non-hydrogen) atoms. The Bertz CT molecular complexity index is 3190. The minimum atomic E-state index is -0.392. The SMILES string of the molecule is C1=CC2c3c(ccc4c3Oc3ccc(-c5ccc(CN=C(N=Cc6ccccc6)c6cccc7ccccc67)cc5)cc3O4)C(c3ccccc3)(c3ccccc3)C2C=C1.C=C/C=C\C=C/C. The van der Waals surface area contributed by atoms with Crippen molar-refractivity contribution in [2.75, 3.05) is 0 Å². The highest BCUT2D eigenvalue weighted by Gasteiger charge is 2.54. The number of aliphatic imine (C=N–C) groups is 2. The van der Waals surface area contributed by atoms with Crippen molar-refractivity contribution in [2.45, 2.75) is 24.8 Å². The summed E-state index contributed by atoms with van der Waals surface area (Å²) in [6.07, 6.45) is 20.5. The van der Waals surface area contributed by atoms with E-state index in [2.05, 4.69) is 195 Å². The Morgan fingerprint density at radius 1 is 0.612 bits per heavy atom. The van der Waals surface area contributed by atoms with E-state index in [0.29, 0.717) is 23.9 Å². The number of amidine groups is 1. The molecule has 0 spiro atoms. The highest BCUT2D eigenvalue weighted by molar-refractivity contribution is 6.13. The van der Waals surface area contributed by atoms with Gasteiger partial charge in [0, 0.05) is 29.2 Å². The second kappa shape index (κ2) is 19.4. The summed E-state index contributed by atoms with van der Waals surface area (Å²) < 4.78 is 13.6. The summed E-state index contributed by atoms with van der Waals surface area (Å²) in [6.45, 7) is 5.99. The quantitative estimate of drug-likeness (QED) is 0.0824. The Morgan fingerprint density at radius 2 is 1.28 bits per heavy atom.